The summed E-state index contributed by atoms with van der Waals surface area (Å²) in [4.78, 5) is 1.94. The van der Waals surface area contributed by atoms with Crippen LogP contribution in [-0.4, -0.2) is 24.3 Å². The molecule has 0 aromatic heterocycles. The van der Waals surface area contributed by atoms with Crippen LogP contribution in [-0.2, 0) is 6.54 Å². The van der Waals surface area contributed by atoms with Gasteiger partial charge in [-0.1, -0.05) is 23.7 Å². The zero-order valence-corrected chi connectivity index (χ0v) is 12.1. The summed E-state index contributed by atoms with van der Waals surface area (Å²) >= 11 is 6.19. The Balaban J connectivity index is 2.11. The second-order valence-corrected chi connectivity index (χ2v) is 5.11. The van der Waals surface area contributed by atoms with E-state index in [4.69, 9.17) is 11.6 Å². The number of para-hydroxylation sites is 1. The number of aromatic hydroxyl groups is 2. The number of phenols is 2. The maximum absolute atomic E-state index is 9.72. The second kappa shape index (κ2) is 5.92. The van der Waals surface area contributed by atoms with E-state index in [-0.39, 0.29) is 11.5 Å². The van der Waals surface area contributed by atoms with Crippen molar-refractivity contribution < 1.29 is 10.2 Å². The molecule has 2 aromatic rings. The summed E-state index contributed by atoms with van der Waals surface area (Å²) in [7, 11) is 3.86. The normalized spacial score (nSPS) is 10.3. The molecular weight excluding hydrogens is 276 g/mol. The molecule has 20 heavy (non-hydrogen) atoms. The minimum atomic E-state index is -0.120. The smallest absolute Gasteiger partial charge is 0.162 e. The Morgan fingerprint density at radius 3 is 2.55 bits per heavy atom. The first-order chi connectivity index (χ1) is 9.49. The Morgan fingerprint density at radius 2 is 1.90 bits per heavy atom. The van der Waals surface area contributed by atoms with Crippen molar-refractivity contribution in [2.75, 3.05) is 24.3 Å². The summed E-state index contributed by atoms with van der Waals surface area (Å²) in [5.74, 6) is -0.221. The lowest BCUT2D eigenvalue weighted by Crippen LogP contribution is -2.09. The predicted molar refractivity (Wildman–Crippen MR) is 82.9 cm³/mol. The molecule has 0 aliphatic carbocycles. The van der Waals surface area contributed by atoms with Gasteiger partial charge >= 0.3 is 0 Å². The van der Waals surface area contributed by atoms with E-state index in [9.17, 15) is 10.2 Å². The van der Waals surface area contributed by atoms with Gasteiger partial charge in [-0.3, -0.25) is 0 Å². The lowest BCUT2D eigenvalue weighted by Gasteiger charge is -2.16. The molecule has 0 spiro atoms. The highest BCUT2D eigenvalue weighted by molar-refractivity contribution is 6.33. The van der Waals surface area contributed by atoms with Gasteiger partial charge in [-0.2, -0.15) is 0 Å². The van der Waals surface area contributed by atoms with Crippen LogP contribution in [0.15, 0.2) is 36.4 Å². The molecule has 0 amide bonds. The number of hydrogen-bond acceptors (Lipinski definition) is 4. The van der Waals surface area contributed by atoms with Crippen LogP contribution in [0.25, 0.3) is 0 Å². The van der Waals surface area contributed by atoms with Crippen LogP contribution >= 0.6 is 11.6 Å². The number of anilines is 2. The molecule has 3 N–H and O–H groups in total. The third-order valence-electron chi connectivity index (χ3n) is 3.01. The number of phenolic OH excluding ortho intramolecular Hbond substituents is 2. The average molecular weight is 293 g/mol. The van der Waals surface area contributed by atoms with Crippen molar-refractivity contribution in [2.45, 2.75) is 6.54 Å². The van der Waals surface area contributed by atoms with Gasteiger partial charge in [0.1, 0.15) is 0 Å². The van der Waals surface area contributed by atoms with E-state index in [1.54, 1.807) is 12.1 Å². The van der Waals surface area contributed by atoms with E-state index in [1.807, 2.05) is 37.2 Å². The molecule has 0 saturated heterocycles. The molecule has 0 atom stereocenters. The van der Waals surface area contributed by atoms with Crippen LogP contribution in [0.4, 0.5) is 11.4 Å². The van der Waals surface area contributed by atoms with E-state index >= 15 is 0 Å². The number of halogens is 1. The fraction of sp³-hybridized carbons (Fsp3) is 0.200. The first-order valence-electron chi connectivity index (χ1n) is 6.19. The van der Waals surface area contributed by atoms with Gasteiger partial charge in [0.25, 0.3) is 0 Å². The highest BCUT2D eigenvalue weighted by Crippen LogP contribution is 2.30. The molecule has 4 nitrogen and oxygen atoms in total. The summed E-state index contributed by atoms with van der Waals surface area (Å²) in [6.07, 6.45) is 0. The predicted octanol–water partition coefficient (Wildman–Crippen LogP) is 3.43. The van der Waals surface area contributed by atoms with Crippen molar-refractivity contribution >= 4 is 23.0 Å². The molecule has 0 aliphatic rings. The Bertz CT molecular complexity index is 615. The highest BCUT2D eigenvalue weighted by Gasteiger charge is 2.07. The summed E-state index contributed by atoms with van der Waals surface area (Å²) in [6.45, 7) is 0.401. The van der Waals surface area contributed by atoms with Gasteiger partial charge in [-0.25, -0.2) is 0 Å². The summed E-state index contributed by atoms with van der Waals surface area (Å²) in [5, 5.41) is 23.0. The zero-order valence-electron chi connectivity index (χ0n) is 11.4. The molecule has 2 aromatic carbocycles. The number of rotatable bonds is 4. The molecule has 5 heteroatoms. The Morgan fingerprint density at radius 1 is 1.15 bits per heavy atom. The lowest BCUT2D eigenvalue weighted by molar-refractivity contribution is 0.400. The molecule has 0 aliphatic heterocycles. The van der Waals surface area contributed by atoms with Gasteiger partial charge < -0.3 is 20.4 Å². The summed E-state index contributed by atoms with van der Waals surface area (Å²) in [6, 6.07) is 10.6. The van der Waals surface area contributed by atoms with Gasteiger partial charge in [0.2, 0.25) is 0 Å². The van der Waals surface area contributed by atoms with Gasteiger partial charge in [0, 0.05) is 31.9 Å². The van der Waals surface area contributed by atoms with Crippen molar-refractivity contribution in [2.24, 2.45) is 0 Å². The van der Waals surface area contributed by atoms with Crippen molar-refractivity contribution in [1.82, 2.24) is 0 Å². The van der Waals surface area contributed by atoms with E-state index in [2.05, 4.69) is 5.32 Å². The fourth-order valence-corrected chi connectivity index (χ4v) is 2.25. The van der Waals surface area contributed by atoms with Gasteiger partial charge in [-0.05, 0) is 24.3 Å². The van der Waals surface area contributed by atoms with Crippen LogP contribution in [0.5, 0.6) is 11.5 Å². The molecule has 0 bridgehead atoms. The van der Waals surface area contributed by atoms with Crippen LogP contribution < -0.4 is 10.2 Å². The third-order valence-corrected chi connectivity index (χ3v) is 3.31. The maximum atomic E-state index is 9.72. The van der Waals surface area contributed by atoms with E-state index in [0.717, 1.165) is 11.4 Å². The zero-order chi connectivity index (χ0) is 14.7. The minimum absolute atomic E-state index is 0.101. The quantitative estimate of drug-likeness (QED) is 0.756. The Labute approximate surface area is 123 Å². The number of nitrogens with zero attached hydrogens (tertiary/aromatic N) is 1. The molecule has 0 heterocycles. The molecule has 0 saturated carbocycles. The van der Waals surface area contributed by atoms with Gasteiger partial charge in [-0.15, -0.1) is 0 Å². The highest BCUT2D eigenvalue weighted by atomic mass is 35.5. The van der Waals surface area contributed by atoms with Crippen LogP contribution in [0.3, 0.4) is 0 Å². The van der Waals surface area contributed by atoms with E-state index in [0.29, 0.717) is 17.1 Å². The first-order valence-corrected chi connectivity index (χ1v) is 6.57. The SMILES string of the molecule is CN(C)c1ccc(NCc2cccc(O)c2O)cc1Cl. The Hall–Kier alpha value is -2.07. The second-order valence-electron chi connectivity index (χ2n) is 4.70. The number of hydrogen-bond donors (Lipinski definition) is 3. The monoisotopic (exact) mass is 292 g/mol. The third kappa shape index (κ3) is 3.08. The van der Waals surface area contributed by atoms with Crippen LogP contribution in [0.1, 0.15) is 5.56 Å². The average Bonchev–Trinajstić information content (AvgIpc) is 2.40. The standard InChI is InChI=1S/C15H17ClN2O2/c1-18(2)13-7-6-11(8-12(13)16)17-9-10-4-3-5-14(19)15(10)20/h3-8,17,19-20H,9H2,1-2H3. The lowest BCUT2D eigenvalue weighted by atomic mass is 10.2. The summed E-state index contributed by atoms with van der Waals surface area (Å²) < 4.78 is 0. The van der Waals surface area contributed by atoms with Crippen molar-refractivity contribution in [3.05, 3.63) is 47.0 Å². The summed E-state index contributed by atoms with van der Waals surface area (Å²) in [5.41, 5.74) is 2.42. The molecule has 0 fully saturated rings. The number of benzene rings is 2. The molecule has 106 valence electrons. The fourth-order valence-electron chi connectivity index (χ4n) is 1.90. The van der Waals surface area contributed by atoms with Crippen LogP contribution in [0.2, 0.25) is 5.02 Å². The molecule has 0 radical (unpaired) electrons. The minimum Gasteiger partial charge on any atom is -0.504 e. The van der Waals surface area contributed by atoms with Crippen molar-refractivity contribution in [3.8, 4) is 11.5 Å². The topological polar surface area (TPSA) is 55.7 Å². The van der Waals surface area contributed by atoms with Gasteiger partial charge in [0.15, 0.2) is 11.5 Å². The van der Waals surface area contributed by atoms with Crippen LogP contribution in [0, 0.1) is 0 Å². The molecule has 0 unspecified atom stereocenters. The molecular formula is C15H17ClN2O2. The molecule has 2 rings (SSSR count). The number of nitrogens with one attached hydrogen (secondary N) is 1. The van der Waals surface area contributed by atoms with E-state index in [1.165, 1.54) is 6.07 Å². The van der Waals surface area contributed by atoms with Crippen molar-refractivity contribution in [3.63, 3.8) is 0 Å². The Kier molecular flexibility index (Phi) is 4.25. The largest absolute Gasteiger partial charge is 0.504 e. The van der Waals surface area contributed by atoms with E-state index < -0.39 is 0 Å². The first kappa shape index (κ1) is 14.3. The maximum Gasteiger partial charge on any atom is 0.162 e. The van der Waals surface area contributed by atoms with Gasteiger partial charge in [0.05, 0.1) is 10.7 Å². The van der Waals surface area contributed by atoms with Crippen molar-refractivity contribution in [1.29, 1.82) is 0 Å².